The van der Waals surface area contributed by atoms with Gasteiger partial charge in [-0.25, -0.2) is 0 Å². The van der Waals surface area contributed by atoms with E-state index in [1.807, 2.05) is 6.92 Å². The maximum atomic E-state index is 9.24. The lowest BCUT2D eigenvalue weighted by atomic mass is 10.0. The molecule has 0 aromatic heterocycles. The molecule has 0 heterocycles. The average molecular weight is 208 g/mol. The van der Waals surface area contributed by atoms with E-state index in [0.717, 1.165) is 0 Å². The fourth-order valence-corrected chi connectivity index (χ4v) is 0.789. The summed E-state index contributed by atoms with van der Waals surface area (Å²) in [6.45, 7) is 1.28. The molecule has 0 bridgehead atoms. The number of halogens is 1. The monoisotopic (exact) mass is 207 g/mol. The Hall–Kier alpha value is -0.110. The van der Waals surface area contributed by atoms with Gasteiger partial charge in [-0.1, -0.05) is 22.9 Å². The van der Waals surface area contributed by atoms with Crippen molar-refractivity contribution >= 4 is 15.9 Å². The van der Waals surface area contributed by atoms with Gasteiger partial charge < -0.3 is 10.2 Å². The largest absolute Gasteiger partial charge is 0.392 e. The van der Waals surface area contributed by atoms with Crippen LogP contribution < -0.4 is 0 Å². The molecule has 0 aromatic rings. The molecule has 0 aliphatic rings. The predicted molar refractivity (Wildman–Crippen MR) is 40.7 cm³/mol. The predicted octanol–water partition coefficient (Wildman–Crippen LogP) is 0.407. The van der Waals surface area contributed by atoms with E-state index in [0.29, 0.717) is 6.42 Å². The van der Waals surface area contributed by atoms with E-state index in [9.17, 15) is 5.11 Å². The van der Waals surface area contributed by atoms with E-state index < -0.39 is 12.2 Å². The van der Waals surface area contributed by atoms with E-state index in [2.05, 4.69) is 15.9 Å². The molecule has 0 saturated carbocycles. The average Bonchev–Trinajstić information content (AvgIpc) is 2.01. The third kappa shape index (κ3) is 1.94. The summed E-state index contributed by atoms with van der Waals surface area (Å²) in [6, 6.07) is 1.64. The van der Waals surface area contributed by atoms with Crippen LogP contribution in [0.1, 0.15) is 13.3 Å². The second-order valence-electron chi connectivity index (χ2n) is 2.07. The number of hydrogen-bond donors (Lipinski definition) is 2. The fraction of sp³-hybridized carbons (Fsp3) is 0.833. The van der Waals surface area contributed by atoms with Gasteiger partial charge in [0.1, 0.15) is 6.07 Å². The molecular formula is C6H10BrNO2. The highest BCUT2D eigenvalue weighted by Gasteiger charge is 2.33. The fourth-order valence-electron chi connectivity index (χ4n) is 0.542. The maximum absolute atomic E-state index is 9.24. The highest BCUT2D eigenvalue weighted by atomic mass is 79.9. The molecule has 0 fully saturated rings. The first-order valence-corrected chi connectivity index (χ1v) is 3.90. The maximum Gasteiger partial charge on any atom is 0.186 e. The number of alkyl halides is 1. The molecule has 4 heteroatoms. The Bertz CT molecular complexity index is 145. The highest BCUT2D eigenvalue weighted by molar-refractivity contribution is 9.09. The van der Waals surface area contributed by atoms with Crippen LogP contribution in [0.3, 0.4) is 0 Å². The van der Waals surface area contributed by atoms with Crippen molar-refractivity contribution in [3.05, 3.63) is 0 Å². The third-order valence-electron chi connectivity index (χ3n) is 1.31. The second kappa shape index (κ2) is 3.91. The first-order valence-electron chi connectivity index (χ1n) is 2.99. The van der Waals surface area contributed by atoms with Crippen LogP contribution in [0.2, 0.25) is 0 Å². The van der Waals surface area contributed by atoms with Crippen molar-refractivity contribution in [1.29, 1.82) is 5.26 Å². The van der Waals surface area contributed by atoms with Crippen LogP contribution in [-0.2, 0) is 0 Å². The first kappa shape index (κ1) is 9.89. The molecule has 0 aromatic carbocycles. The van der Waals surface area contributed by atoms with Crippen LogP contribution >= 0.6 is 15.9 Å². The molecular weight excluding hydrogens is 198 g/mol. The zero-order chi connectivity index (χ0) is 8.20. The quantitative estimate of drug-likeness (QED) is 0.521. The van der Waals surface area contributed by atoms with Gasteiger partial charge in [0.15, 0.2) is 5.60 Å². The van der Waals surface area contributed by atoms with Gasteiger partial charge in [0, 0.05) is 0 Å². The second-order valence-corrected chi connectivity index (χ2v) is 3.18. The van der Waals surface area contributed by atoms with E-state index in [4.69, 9.17) is 10.4 Å². The van der Waals surface area contributed by atoms with Crippen molar-refractivity contribution in [2.75, 3.05) is 6.61 Å². The minimum absolute atomic E-state index is 0.366. The summed E-state index contributed by atoms with van der Waals surface area (Å²) in [5.74, 6) is 0. The Kier molecular flexibility index (Phi) is 3.87. The van der Waals surface area contributed by atoms with Gasteiger partial charge in [-0.3, -0.25) is 0 Å². The molecule has 0 radical (unpaired) electrons. The lowest BCUT2D eigenvalue weighted by molar-refractivity contribution is 0.0330. The first-order chi connectivity index (χ1) is 4.60. The highest BCUT2D eigenvalue weighted by Crippen LogP contribution is 2.19. The molecule has 0 rings (SSSR count). The van der Waals surface area contributed by atoms with Crippen LogP contribution in [-0.4, -0.2) is 27.2 Å². The van der Waals surface area contributed by atoms with Crippen molar-refractivity contribution in [1.82, 2.24) is 0 Å². The molecule has 3 nitrogen and oxygen atoms in total. The van der Waals surface area contributed by atoms with Crippen molar-refractivity contribution in [3.63, 3.8) is 0 Å². The molecule has 0 aliphatic heterocycles. The van der Waals surface area contributed by atoms with Crippen molar-refractivity contribution in [3.8, 4) is 6.07 Å². The summed E-state index contributed by atoms with van der Waals surface area (Å²) in [6.07, 6.45) is 0.602. The van der Waals surface area contributed by atoms with Crippen molar-refractivity contribution < 1.29 is 10.2 Å². The normalized spacial score (nSPS) is 19.1. The molecule has 2 atom stereocenters. The van der Waals surface area contributed by atoms with E-state index in [1.54, 1.807) is 6.07 Å². The van der Waals surface area contributed by atoms with Crippen LogP contribution in [0.5, 0.6) is 0 Å². The van der Waals surface area contributed by atoms with E-state index in [1.165, 1.54) is 0 Å². The minimum atomic E-state index is -1.63. The van der Waals surface area contributed by atoms with Gasteiger partial charge in [0.05, 0.1) is 11.4 Å². The summed E-state index contributed by atoms with van der Waals surface area (Å²) in [7, 11) is 0. The topological polar surface area (TPSA) is 64.2 Å². The minimum Gasteiger partial charge on any atom is -0.392 e. The lowest BCUT2D eigenvalue weighted by Crippen LogP contribution is -2.40. The van der Waals surface area contributed by atoms with Gasteiger partial charge in [0.2, 0.25) is 0 Å². The van der Waals surface area contributed by atoms with Crippen LogP contribution in [0.25, 0.3) is 0 Å². The number of aliphatic hydroxyl groups is 2. The molecule has 0 spiro atoms. The molecule has 58 valence electrons. The molecule has 0 aliphatic carbocycles. The molecule has 0 amide bonds. The van der Waals surface area contributed by atoms with Crippen LogP contribution in [0, 0.1) is 11.3 Å². The van der Waals surface area contributed by atoms with Gasteiger partial charge >= 0.3 is 0 Å². The third-order valence-corrected chi connectivity index (χ3v) is 2.72. The Morgan fingerprint density at radius 1 is 1.80 bits per heavy atom. The van der Waals surface area contributed by atoms with Crippen molar-refractivity contribution in [2.45, 2.75) is 23.8 Å². The molecule has 0 unspecified atom stereocenters. The van der Waals surface area contributed by atoms with Gasteiger partial charge in [-0.2, -0.15) is 5.26 Å². The van der Waals surface area contributed by atoms with Gasteiger partial charge in [-0.15, -0.1) is 0 Å². The van der Waals surface area contributed by atoms with E-state index in [-0.39, 0.29) is 4.83 Å². The zero-order valence-electron chi connectivity index (χ0n) is 5.71. The molecule has 2 N–H and O–H groups in total. The Labute approximate surface area is 68.4 Å². The van der Waals surface area contributed by atoms with Gasteiger partial charge in [-0.05, 0) is 6.42 Å². The number of aliphatic hydroxyl groups excluding tert-OH is 1. The Morgan fingerprint density at radius 2 is 2.30 bits per heavy atom. The SMILES string of the molecule is CC[C@H](Br)[C@@](O)(C#N)CO. The van der Waals surface area contributed by atoms with E-state index >= 15 is 0 Å². The lowest BCUT2D eigenvalue weighted by Gasteiger charge is -2.21. The Morgan fingerprint density at radius 3 is 2.40 bits per heavy atom. The summed E-state index contributed by atoms with van der Waals surface area (Å²) in [5.41, 5.74) is -1.63. The van der Waals surface area contributed by atoms with Crippen LogP contribution in [0.15, 0.2) is 0 Å². The van der Waals surface area contributed by atoms with Gasteiger partial charge in [0.25, 0.3) is 0 Å². The number of nitrogens with zero attached hydrogens (tertiary/aromatic N) is 1. The molecule has 0 saturated heterocycles. The molecule has 10 heavy (non-hydrogen) atoms. The Balaban J connectivity index is 4.21. The summed E-state index contributed by atoms with van der Waals surface area (Å²) in [4.78, 5) is -0.366. The number of nitriles is 1. The van der Waals surface area contributed by atoms with Crippen LogP contribution in [0.4, 0.5) is 0 Å². The zero-order valence-corrected chi connectivity index (χ0v) is 7.30. The smallest absolute Gasteiger partial charge is 0.186 e. The number of hydrogen-bond acceptors (Lipinski definition) is 3. The summed E-state index contributed by atoms with van der Waals surface area (Å²) in [5, 5.41) is 26.2. The van der Waals surface area contributed by atoms with Crippen molar-refractivity contribution in [2.24, 2.45) is 0 Å². The number of rotatable bonds is 3. The summed E-state index contributed by atoms with van der Waals surface area (Å²) >= 11 is 3.09. The summed E-state index contributed by atoms with van der Waals surface area (Å²) < 4.78 is 0. The standard InChI is InChI=1S/C6H10BrNO2/c1-2-5(7)6(10,3-8)4-9/h5,9-10H,2,4H2,1H3/t5-,6+/m0/s1.